The molecule has 7 nitrogen and oxygen atoms in total. The summed E-state index contributed by atoms with van der Waals surface area (Å²) >= 11 is 0. The maximum Gasteiger partial charge on any atom is 0.306 e. The van der Waals surface area contributed by atoms with E-state index in [1.165, 1.54) is 12.7 Å². The molecule has 0 unspecified atom stereocenters. The second kappa shape index (κ2) is 11.8. The van der Waals surface area contributed by atoms with Gasteiger partial charge in [-0.25, -0.2) is 9.37 Å². The number of pyridine rings is 1. The summed E-state index contributed by atoms with van der Waals surface area (Å²) in [6.45, 7) is 5.82. The number of aromatic nitrogens is 1. The molecule has 200 valence electrons. The smallest absolute Gasteiger partial charge is 0.306 e. The number of hydrogen-bond donors (Lipinski definition) is 1. The van der Waals surface area contributed by atoms with Crippen LogP contribution < -0.4 is 10.2 Å². The highest BCUT2D eigenvalue weighted by atomic mass is 19.1. The van der Waals surface area contributed by atoms with Crippen molar-refractivity contribution in [3.05, 3.63) is 53.2 Å². The molecule has 2 saturated heterocycles. The second-order valence-electron chi connectivity index (χ2n) is 10.6. The Labute approximate surface area is 219 Å². The minimum absolute atomic E-state index is 0.0517. The van der Waals surface area contributed by atoms with Crippen molar-refractivity contribution in [1.82, 2.24) is 9.88 Å². The van der Waals surface area contributed by atoms with E-state index >= 15 is 4.39 Å². The molecule has 0 saturated carbocycles. The van der Waals surface area contributed by atoms with Crippen LogP contribution in [0.3, 0.4) is 0 Å². The monoisotopic (exact) mass is 510 g/mol. The zero-order valence-corrected chi connectivity index (χ0v) is 21.9. The Morgan fingerprint density at radius 3 is 2.95 bits per heavy atom. The fourth-order valence-electron chi connectivity index (χ4n) is 5.82. The fourth-order valence-corrected chi connectivity index (χ4v) is 5.82. The number of benzene rings is 1. The number of carbonyl (C=O) groups excluding carboxylic acids is 1. The molecule has 0 bridgehead atoms. The topological polar surface area (TPSA) is 66.9 Å². The van der Waals surface area contributed by atoms with E-state index in [4.69, 9.17) is 14.5 Å². The van der Waals surface area contributed by atoms with Crippen LogP contribution in [0, 0.1) is 0 Å². The molecule has 1 aromatic heterocycles. The average molecular weight is 511 g/mol. The van der Waals surface area contributed by atoms with Gasteiger partial charge >= 0.3 is 5.97 Å². The van der Waals surface area contributed by atoms with Gasteiger partial charge in [0.05, 0.1) is 26.7 Å². The van der Waals surface area contributed by atoms with Crippen molar-refractivity contribution in [3.8, 4) is 0 Å². The first kappa shape index (κ1) is 25.9. The summed E-state index contributed by atoms with van der Waals surface area (Å²) < 4.78 is 26.4. The van der Waals surface area contributed by atoms with E-state index in [1.54, 1.807) is 0 Å². The van der Waals surface area contributed by atoms with Crippen molar-refractivity contribution in [3.63, 3.8) is 0 Å². The first-order valence-electron chi connectivity index (χ1n) is 13.6. The van der Waals surface area contributed by atoms with E-state index in [-0.39, 0.29) is 18.3 Å². The Morgan fingerprint density at radius 2 is 2.11 bits per heavy atom. The number of morpholine rings is 1. The van der Waals surface area contributed by atoms with Crippen LogP contribution in [0.15, 0.2) is 36.4 Å². The number of hydrogen-bond acceptors (Lipinski definition) is 7. The van der Waals surface area contributed by atoms with Gasteiger partial charge in [0, 0.05) is 56.6 Å². The SMILES string of the molecule is COC(=O)C[C@H](CN1CC[C@](F)(CCc2ccc3c(n2)NCCC3)C1)c1cccc(N2CCOCC2)c1. The Morgan fingerprint density at radius 1 is 1.24 bits per heavy atom. The number of methoxy groups -OCH3 is 1. The van der Waals surface area contributed by atoms with Gasteiger partial charge in [-0.3, -0.25) is 9.69 Å². The standard InChI is InChI=1S/C29H39FN4O3/c1-36-27(35)19-24(23-4-2-6-26(18-23)34-14-16-37-17-15-34)20-33-13-11-29(30,21-33)10-9-25-8-7-22-5-3-12-31-28(22)32-25/h2,4,6-8,18,24H,3,5,9-17,19-21H2,1H3,(H,31,32)/t24-,29-/m1/s1. The lowest BCUT2D eigenvalue weighted by molar-refractivity contribution is -0.141. The largest absolute Gasteiger partial charge is 0.469 e. The molecule has 5 rings (SSSR count). The van der Waals surface area contributed by atoms with Crippen LogP contribution >= 0.6 is 0 Å². The molecule has 8 heteroatoms. The number of anilines is 2. The third-order valence-electron chi connectivity index (χ3n) is 8.00. The van der Waals surface area contributed by atoms with Gasteiger partial charge in [0.15, 0.2) is 0 Å². The highest BCUT2D eigenvalue weighted by Crippen LogP contribution is 2.34. The zero-order valence-electron chi connectivity index (χ0n) is 21.9. The Bertz CT molecular complexity index is 1080. The van der Waals surface area contributed by atoms with Crippen LogP contribution in [0.5, 0.6) is 0 Å². The van der Waals surface area contributed by atoms with Crippen molar-refractivity contribution < 1.29 is 18.7 Å². The molecular formula is C29H39FN4O3. The average Bonchev–Trinajstić information content (AvgIpc) is 3.32. The lowest BCUT2D eigenvalue weighted by Crippen LogP contribution is -2.36. The minimum atomic E-state index is -1.24. The number of rotatable bonds is 9. The number of halogens is 1. The molecule has 3 aliphatic heterocycles. The fraction of sp³-hybridized carbons (Fsp3) is 0.586. The molecule has 0 aliphatic carbocycles. The van der Waals surface area contributed by atoms with E-state index in [2.05, 4.69) is 45.4 Å². The Hall–Kier alpha value is -2.71. The van der Waals surface area contributed by atoms with E-state index < -0.39 is 5.67 Å². The number of esters is 1. The minimum Gasteiger partial charge on any atom is -0.469 e. The maximum atomic E-state index is 15.9. The van der Waals surface area contributed by atoms with Crippen molar-refractivity contribution in [2.45, 2.75) is 50.1 Å². The van der Waals surface area contributed by atoms with Crippen LogP contribution in [0.4, 0.5) is 15.9 Å². The lowest BCUT2D eigenvalue weighted by Gasteiger charge is -2.30. The summed E-state index contributed by atoms with van der Waals surface area (Å²) in [4.78, 5) is 21.5. The summed E-state index contributed by atoms with van der Waals surface area (Å²) in [7, 11) is 1.43. The van der Waals surface area contributed by atoms with Gasteiger partial charge in [-0.15, -0.1) is 0 Å². The number of nitrogens with one attached hydrogen (secondary N) is 1. The van der Waals surface area contributed by atoms with Crippen LogP contribution in [0.1, 0.15) is 48.4 Å². The van der Waals surface area contributed by atoms with Crippen molar-refractivity contribution in [2.24, 2.45) is 0 Å². The number of nitrogens with zero attached hydrogens (tertiary/aromatic N) is 3. The van der Waals surface area contributed by atoms with Crippen molar-refractivity contribution in [1.29, 1.82) is 0 Å². The van der Waals surface area contributed by atoms with Gasteiger partial charge in [-0.05, 0) is 61.4 Å². The van der Waals surface area contributed by atoms with Crippen LogP contribution in [0.25, 0.3) is 0 Å². The molecule has 3 aliphatic rings. The van der Waals surface area contributed by atoms with E-state index in [1.807, 2.05) is 6.07 Å². The summed E-state index contributed by atoms with van der Waals surface area (Å²) in [5.74, 6) is 0.679. The summed E-state index contributed by atoms with van der Waals surface area (Å²) in [5.41, 5.74) is 3.20. The molecule has 2 fully saturated rings. The quantitative estimate of drug-likeness (QED) is 0.512. The van der Waals surface area contributed by atoms with Gasteiger partial charge < -0.3 is 19.7 Å². The number of likely N-dealkylation sites (tertiary alicyclic amines) is 1. The number of fused-ring (bicyclic) bond motifs is 1. The number of aryl methyl sites for hydroxylation is 2. The summed E-state index contributed by atoms with van der Waals surface area (Å²) in [6, 6.07) is 12.6. The molecule has 2 atom stereocenters. The Balaban J connectivity index is 1.22. The van der Waals surface area contributed by atoms with Crippen LogP contribution in [-0.2, 0) is 27.1 Å². The van der Waals surface area contributed by atoms with Crippen molar-refractivity contribution >= 4 is 17.5 Å². The van der Waals surface area contributed by atoms with Gasteiger partial charge in [0.1, 0.15) is 11.5 Å². The molecule has 4 heterocycles. The maximum absolute atomic E-state index is 15.9. The molecule has 37 heavy (non-hydrogen) atoms. The predicted octanol–water partition coefficient (Wildman–Crippen LogP) is 3.97. The molecule has 1 aromatic carbocycles. The first-order valence-corrected chi connectivity index (χ1v) is 13.6. The third-order valence-corrected chi connectivity index (χ3v) is 8.00. The summed E-state index contributed by atoms with van der Waals surface area (Å²) in [6.07, 6.45) is 4.07. The molecule has 0 spiro atoms. The van der Waals surface area contributed by atoms with Crippen LogP contribution in [0.2, 0.25) is 0 Å². The Kier molecular flexibility index (Phi) is 8.25. The summed E-state index contributed by atoms with van der Waals surface area (Å²) in [5, 5.41) is 3.37. The number of carbonyl (C=O) groups is 1. The molecular weight excluding hydrogens is 471 g/mol. The third kappa shape index (κ3) is 6.60. The van der Waals surface area contributed by atoms with Crippen molar-refractivity contribution in [2.75, 3.05) is 69.8 Å². The highest BCUT2D eigenvalue weighted by molar-refractivity contribution is 5.70. The highest BCUT2D eigenvalue weighted by Gasteiger charge is 2.39. The lowest BCUT2D eigenvalue weighted by atomic mass is 9.94. The zero-order chi connectivity index (χ0) is 25.7. The molecule has 0 amide bonds. The second-order valence-corrected chi connectivity index (χ2v) is 10.6. The van der Waals surface area contributed by atoms with Gasteiger partial charge in [-0.2, -0.15) is 0 Å². The van der Waals surface area contributed by atoms with Gasteiger partial charge in [-0.1, -0.05) is 18.2 Å². The molecule has 2 aromatic rings. The number of alkyl halides is 1. The molecule has 1 N–H and O–H groups in total. The van der Waals surface area contributed by atoms with E-state index in [9.17, 15) is 4.79 Å². The normalized spacial score (nSPS) is 22.8. The number of ether oxygens (including phenoxy) is 2. The van der Waals surface area contributed by atoms with E-state index in [0.717, 1.165) is 68.5 Å². The predicted molar refractivity (Wildman–Crippen MR) is 143 cm³/mol. The van der Waals surface area contributed by atoms with Gasteiger partial charge in [0.2, 0.25) is 0 Å². The van der Waals surface area contributed by atoms with Gasteiger partial charge in [0.25, 0.3) is 0 Å². The first-order chi connectivity index (χ1) is 18.0. The van der Waals surface area contributed by atoms with Crippen LogP contribution in [-0.4, -0.2) is 81.1 Å². The molecule has 0 radical (unpaired) electrons. The van der Waals surface area contributed by atoms with E-state index in [0.29, 0.717) is 38.9 Å².